The van der Waals surface area contributed by atoms with Crippen LogP contribution in [0.4, 0.5) is 32.0 Å². The molecular formula is C19H10ClF6N3O4. The first-order valence-electron chi connectivity index (χ1n) is 8.62. The zero-order valence-corrected chi connectivity index (χ0v) is 16.6. The molecule has 0 aliphatic carbocycles. The van der Waals surface area contributed by atoms with Crippen molar-refractivity contribution in [2.75, 3.05) is 5.32 Å². The van der Waals surface area contributed by atoms with E-state index in [9.17, 15) is 36.3 Å². The maximum atomic E-state index is 14.8. The Hall–Kier alpha value is -3.74. The Morgan fingerprint density at radius 3 is 2.39 bits per heavy atom. The number of carbonyl (C=O) groups excluding carboxylic acids is 1. The summed E-state index contributed by atoms with van der Waals surface area (Å²) < 4.78 is 88.9. The molecule has 0 saturated carbocycles. The first kappa shape index (κ1) is 23.9. The molecule has 0 aliphatic rings. The Morgan fingerprint density at radius 2 is 1.82 bits per heavy atom. The molecule has 1 N–H and O–H groups in total. The summed E-state index contributed by atoms with van der Waals surface area (Å²) in [6.45, 7) is -3.12. The van der Waals surface area contributed by atoms with Crippen molar-refractivity contribution < 1.29 is 45.3 Å². The van der Waals surface area contributed by atoms with Gasteiger partial charge >= 0.3 is 12.8 Å². The van der Waals surface area contributed by atoms with Crippen LogP contribution in [0.15, 0.2) is 49.1 Å². The molecule has 1 amide bonds. The lowest BCUT2D eigenvalue weighted by molar-refractivity contribution is -0.608. The third-order valence-corrected chi connectivity index (χ3v) is 4.27. The summed E-state index contributed by atoms with van der Waals surface area (Å²) in [5.41, 5.74) is -2.83. The van der Waals surface area contributed by atoms with Crippen molar-refractivity contribution in [3.05, 3.63) is 76.2 Å². The molecule has 2 aromatic carbocycles. The van der Waals surface area contributed by atoms with Gasteiger partial charge in [-0.2, -0.15) is 22.0 Å². The van der Waals surface area contributed by atoms with Crippen molar-refractivity contribution >= 4 is 23.2 Å². The zero-order chi connectivity index (χ0) is 24.3. The van der Waals surface area contributed by atoms with Gasteiger partial charge in [0.05, 0.1) is 10.6 Å². The second-order valence-corrected chi connectivity index (χ2v) is 6.55. The topological polar surface area (TPSA) is 87.4 Å². The molecule has 7 nitrogen and oxygen atoms in total. The van der Waals surface area contributed by atoms with Gasteiger partial charge in [-0.1, -0.05) is 16.6 Å². The quantitative estimate of drug-likeness (QED) is 0.291. The van der Waals surface area contributed by atoms with Crippen LogP contribution in [0.25, 0.3) is 0 Å². The van der Waals surface area contributed by atoms with Crippen LogP contribution >= 0.6 is 11.6 Å². The molecule has 0 atom stereocenters. The number of halogens is 7. The number of ether oxygens (including phenoxy) is 2. The number of carbonyl (C=O) groups is 1. The van der Waals surface area contributed by atoms with Crippen molar-refractivity contribution in [2.24, 2.45) is 0 Å². The summed E-state index contributed by atoms with van der Waals surface area (Å²) in [5, 5.41) is 12.0. The fourth-order valence-electron chi connectivity index (χ4n) is 2.56. The highest BCUT2D eigenvalue weighted by molar-refractivity contribution is 6.32. The molecule has 1 heterocycles. The number of nitrogens with zero attached hydrogens (tertiary/aromatic N) is 2. The molecule has 0 bridgehead atoms. The number of nitrogens with one attached hydrogen (secondary N) is 1. The summed E-state index contributed by atoms with van der Waals surface area (Å²) in [7, 11) is 0. The van der Waals surface area contributed by atoms with E-state index in [1.54, 1.807) is 0 Å². The molecule has 0 aliphatic heterocycles. The monoisotopic (exact) mass is 493 g/mol. The number of anilines is 1. The summed E-state index contributed by atoms with van der Waals surface area (Å²) in [4.78, 5) is 16.1. The van der Waals surface area contributed by atoms with Crippen LogP contribution in [0.2, 0.25) is 5.02 Å². The van der Waals surface area contributed by atoms with Crippen LogP contribution in [0.1, 0.15) is 15.9 Å². The predicted octanol–water partition coefficient (Wildman–Crippen LogP) is 5.17. The molecule has 3 aromatic rings. The number of hydrogen-bond donors (Lipinski definition) is 1. The number of rotatable bonds is 6. The van der Waals surface area contributed by atoms with Gasteiger partial charge in [0, 0.05) is 0 Å². The van der Waals surface area contributed by atoms with Gasteiger partial charge in [-0.3, -0.25) is 4.79 Å². The fraction of sp³-hybridized carbons (Fsp3) is 0.105. The Labute approximate surface area is 185 Å². The van der Waals surface area contributed by atoms with E-state index in [1.807, 2.05) is 0 Å². The van der Waals surface area contributed by atoms with E-state index in [0.29, 0.717) is 6.07 Å². The minimum absolute atomic E-state index is 0.202. The van der Waals surface area contributed by atoms with Crippen molar-refractivity contribution in [3.8, 4) is 17.2 Å². The van der Waals surface area contributed by atoms with Crippen molar-refractivity contribution in [3.63, 3.8) is 0 Å². The Morgan fingerprint density at radius 1 is 1.18 bits per heavy atom. The third kappa shape index (κ3) is 5.74. The highest BCUT2D eigenvalue weighted by Crippen LogP contribution is 2.42. The van der Waals surface area contributed by atoms with Crippen molar-refractivity contribution in [1.82, 2.24) is 4.98 Å². The molecule has 0 unspecified atom stereocenters. The Balaban J connectivity index is 2.04. The Kier molecular flexibility index (Phi) is 6.81. The van der Waals surface area contributed by atoms with E-state index in [4.69, 9.17) is 16.3 Å². The number of aromatic nitrogens is 2. The second kappa shape index (κ2) is 9.40. The van der Waals surface area contributed by atoms with Crippen molar-refractivity contribution in [2.45, 2.75) is 12.8 Å². The lowest BCUT2D eigenvalue weighted by Crippen LogP contribution is -2.27. The minimum atomic E-state index is -5.10. The van der Waals surface area contributed by atoms with Crippen LogP contribution in [0.5, 0.6) is 17.2 Å². The third-order valence-electron chi connectivity index (χ3n) is 3.90. The van der Waals surface area contributed by atoms with Crippen LogP contribution in [0, 0.1) is 11.0 Å². The lowest BCUT2D eigenvalue weighted by Gasteiger charge is -2.17. The molecule has 33 heavy (non-hydrogen) atoms. The van der Waals surface area contributed by atoms with Gasteiger partial charge in [0.15, 0.2) is 12.0 Å². The van der Waals surface area contributed by atoms with Gasteiger partial charge in [-0.05, 0) is 30.3 Å². The average molecular weight is 494 g/mol. The number of alkyl halides is 5. The Bertz CT molecular complexity index is 1180. The minimum Gasteiger partial charge on any atom is -0.711 e. The highest BCUT2D eigenvalue weighted by Gasteiger charge is 2.38. The molecule has 174 valence electrons. The number of amides is 1. The summed E-state index contributed by atoms with van der Waals surface area (Å²) in [6.07, 6.45) is -2.37. The second-order valence-electron chi connectivity index (χ2n) is 6.17. The standard InChI is InChI=1S/C19H10ClF6N3O4/c20-15-12(19(24,25)26)5-13(32-10-1-3-11(4-2-10)33-18(22)23)14(16(15)21)17(30)28-9-6-27-8-29(31)7-9/h1-8,18H,(H,28,30). The van der Waals surface area contributed by atoms with E-state index in [1.165, 1.54) is 0 Å². The van der Waals surface area contributed by atoms with Crippen LogP contribution in [-0.2, 0) is 6.18 Å². The molecule has 0 spiro atoms. The molecule has 0 fully saturated rings. The molecule has 0 radical (unpaired) electrons. The van der Waals surface area contributed by atoms with Crippen molar-refractivity contribution in [1.29, 1.82) is 0 Å². The molecule has 0 saturated heterocycles. The highest BCUT2D eigenvalue weighted by atomic mass is 35.5. The lowest BCUT2D eigenvalue weighted by atomic mass is 10.1. The van der Waals surface area contributed by atoms with Gasteiger partial charge in [-0.25, -0.2) is 9.12 Å². The van der Waals surface area contributed by atoms with Gasteiger partial charge < -0.3 is 20.0 Å². The van der Waals surface area contributed by atoms with E-state index in [0.717, 1.165) is 43.0 Å². The number of hydrogen-bond acceptors (Lipinski definition) is 5. The molecular weight excluding hydrogens is 484 g/mol. The van der Waals surface area contributed by atoms with E-state index in [-0.39, 0.29) is 21.9 Å². The van der Waals surface area contributed by atoms with E-state index < -0.39 is 46.4 Å². The molecule has 1 aromatic heterocycles. The normalized spacial score (nSPS) is 11.4. The zero-order valence-electron chi connectivity index (χ0n) is 15.9. The summed E-state index contributed by atoms with van der Waals surface area (Å²) >= 11 is 5.51. The largest absolute Gasteiger partial charge is 0.711 e. The van der Waals surface area contributed by atoms with Crippen LogP contribution in [-0.4, -0.2) is 17.5 Å². The van der Waals surface area contributed by atoms with Crippen LogP contribution < -0.4 is 19.5 Å². The van der Waals surface area contributed by atoms with Gasteiger partial charge in [-0.15, -0.1) is 0 Å². The fourth-order valence-corrected chi connectivity index (χ4v) is 2.81. The van der Waals surface area contributed by atoms with Gasteiger partial charge in [0.2, 0.25) is 0 Å². The maximum Gasteiger partial charge on any atom is 0.418 e. The van der Waals surface area contributed by atoms with Gasteiger partial charge in [0.25, 0.3) is 12.2 Å². The van der Waals surface area contributed by atoms with E-state index in [2.05, 4.69) is 15.0 Å². The van der Waals surface area contributed by atoms with E-state index >= 15 is 0 Å². The smallest absolute Gasteiger partial charge is 0.418 e. The molecule has 3 rings (SSSR count). The van der Waals surface area contributed by atoms with Gasteiger partial charge in [0.1, 0.15) is 34.7 Å². The van der Waals surface area contributed by atoms with Crippen LogP contribution in [0.3, 0.4) is 0 Å². The summed E-state index contributed by atoms with van der Waals surface area (Å²) in [5.74, 6) is -4.45. The number of benzene rings is 2. The average Bonchev–Trinajstić information content (AvgIpc) is 2.70. The maximum absolute atomic E-state index is 14.8. The molecule has 14 heteroatoms. The first-order valence-corrected chi connectivity index (χ1v) is 9.00. The predicted molar refractivity (Wildman–Crippen MR) is 101 cm³/mol. The SMILES string of the molecule is O=C(Nc1cnc[n+]([O-])c1)c1c(Oc2ccc(OC(F)F)cc2)cc(C(F)(F)F)c(Cl)c1F. The summed E-state index contributed by atoms with van der Waals surface area (Å²) in [6, 6.07) is 4.42. The first-order chi connectivity index (χ1) is 15.5.